The van der Waals surface area contributed by atoms with Crippen LogP contribution in [0.3, 0.4) is 0 Å². The highest BCUT2D eigenvalue weighted by atomic mass is 16.6. The molecular weight excluding hydrogens is 482 g/mol. The van der Waals surface area contributed by atoms with Crippen LogP contribution in [0.4, 0.5) is 9.59 Å². The average Bonchev–Trinajstić information content (AvgIpc) is 2.82. The van der Waals surface area contributed by atoms with E-state index in [0.717, 1.165) is 5.56 Å². The lowest BCUT2D eigenvalue weighted by molar-refractivity contribution is -0.155. The van der Waals surface area contributed by atoms with Crippen LogP contribution >= 0.6 is 0 Å². The van der Waals surface area contributed by atoms with Crippen LogP contribution in [-0.2, 0) is 30.5 Å². The second kappa shape index (κ2) is 14.8. The van der Waals surface area contributed by atoms with E-state index in [4.69, 9.17) is 9.47 Å². The summed E-state index contributed by atoms with van der Waals surface area (Å²) in [6, 6.07) is 6.62. The van der Waals surface area contributed by atoms with Crippen molar-refractivity contribution in [2.75, 3.05) is 6.54 Å². The molecule has 0 saturated carbocycles. The smallest absolute Gasteiger partial charge is 0.414 e. The first-order chi connectivity index (χ1) is 17.3. The maximum absolute atomic E-state index is 13.2. The van der Waals surface area contributed by atoms with Gasteiger partial charge in [0.25, 0.3) is 5.91 Å². The fourth-order valence-electron chi connectivity index (χ4n) is 3.34. The Balaban J connectivity index is 3.00. The number of benzene rings is 1. The number of rotatable bonds is 12. The molecule has 11 nitrogen and oxygen atoms in total. The molecule has 1 rings (SSSR count). The molecule has 0 bridgehead atoms. The summed E-state index contributed by atoms with van der Waals surface area (Å²) in [6.07, 6.45) is -2.20. The highest BCUT2D eigenvalue weighted by molar-refractivity contribution is 5.97. The lowest BCUT2D eigenvalue weighted by Crippen LogP contribution is -2.56. The Bertz CT molecular complexity index is 929. The molecular formula is C26H39N3O8. The van der Waals surface area contributed by atoms with Crippen LogP contribution in [0.5, 0.6) is 0 Å². The number of alkyl carbamates (subject to hydrolysis) is 1. The summed E-state index contributed by atoms with van der Waals surface area (Å²) in [5, 5.41) is 14.5. The number of imide groups is 1. The molecule has 0 aliphatic heterocycles. The zero-order valence-electron chi connectivity index (χ0n) is 22.4. The molecule has 0 radical (unpaired) electrons. The van der Waals surface area contributed by atoms with Gasteiger partial charge in [-0.1, -0.05) is 50.6 Å². The van der Waals surface area contributed by atoms with Gasteiger partial charge in [0.1, 0.15) is 24.3 Å². The van der Waals surface area contributed by atoms with E-state index in [1.54, 1.807) is 52.0 Å². The van der Waals surface area contributed by atoms with Crippen molar-refractivity contribution in [1.29, 1.82) is 0 Å². The van der Waals surface area contributed by atoms with Gasteiger partial charge in [-0.2, -0.15) is 0 Å². The minimum atomic E-state index is -1.48. The van der Waals surface area contributed by atoms with Gasteiger partial charge in [-0.15, -0.1) is 0 Å². The van der Waals surface area contributed by atoms with Gasteiger partial charge < -0.3 is 25.2 Å². The molecule has 3 N–H and O–H groups in total. The Morgan fingerprint density at radius 3 is 2.16 bits per heavy atom. The number of amides is 4. The van der Waals surface area contributed by atoms with Crippen LogP contribution in [0.2, 0.25) is 0 Å². The van der Waals surface area contributed by atoms with Crippen LogP contribution < -0.4 is 10.6 Å². The van der Waals surface area contributed by atoms with Gasteiger partial charge >= 0.3 is 18.2 Å². The number of nitrogens with one attached hydrogen (secondary N) is 2. The van der Waals surface area contributed by atoms with E-state index < -0.39 is 47.7 Å². The number of likely N-dealkylation sites (N-methyl/N-ethyl adjacent to an activating group) is 1. The van der Waals surface area contributed by atoms with Gasteiger partial charge in [0.15, 0.2) is 0 Å². The zero-order valence-corrected chi connectivity index (χ0v) is 22.4. The molecule has 0 saturated heterocycles. The summed E-state index contributed by atoms with van der Waals surface area (Å²) in [4.78, 5) is 62.9. The van der Waals surface area contributed by atoms with Crippen molar-refractivity contribution in [2.45, 2.75) is 85.1 Å². The molecule has 0 aliphatic carbocycles. The molecule has 1 aromatic carbocycles. The van der Waals surface area contributed by atoms with Crippen molar-refractivity contribution in [3.8, 4) is 0 Å². The highest BCUT2D eigenvalue weighted by Gasteiger charge is 2.34. The van der Waals surface area contributed by atoms with E-state index in [1.165, 1.54) is 6.92 Å². The van der Waals surface area contributed by atoms with Crippen LogP contribution in [0.25, 0.3) is 0 Å². The molecule has 1 aromatic rings. The largest absolute Gasteiger partial charge is 0.465 e. The van der Waals surface area contributed by atoms with E-state index in [-0.39, 0.29) is 31.9 Å². The lowest BCUT2D eigenvalue weighted by atomic mass is 9.97. The van der Waals surface area contributed by atoms with Gasteiger partial charge in [0, 0.05) is 13.0 Å². The molecule has 3 atom stereocenters. The normalized spacial score (nSPS) is 13.5. The van der Waals surface area contributed by atoms with Crippen LogP contribution in [0.15, 0.2) is 30.3 Å². The van der Waals surface area contributed by atoms with E-state index >= 15 is 0 Å². The van der Waals surface area contributed by atoms with Crippen molar-refractivity contribution < 1.29 is 38.6 Å². The lowest BCUT2D eigenvalue weighted by Gasteiger charge is -2.28. The Hall–Kier alpha value is -3.63. The maximum atomic E-state index is 13.2. The van der Waals surface area contributed by atoms with Crippen molar-refractivity contribution in [1.82, 2.24) is 15.5 Å². The average molecular weight is 522 g/mol. The molecule has 3 unspecified atom stereocenters. The predicted molar refractivity (Wildman–Crippen MR) is 135 cm³/mol. The van der Waals surface area contributed by atoms with Gasteiger partial charge in [-0.05, 0) is 45.6 Å². The second-order valence-corrected chi connectivity index (χ2v) is 9.62. The number of ether oxygens (including phenoxy) is 2. The van der Waals surface area contributed by atoms with Crippen LogP contribution in [0.1, 0.15) is 66.4 Å². The maximum Gasteiger partial charge on any atom is 0.414 e. The third kappa shape index (κ3) is 11.3. The van der Waals surface area contributed by atoms with E-state index in [9.17, 15) is 29.1 Å². The Labute approximate surface area is 217 Å². The van der Waals surface area contributed by atoms with Crippen LogP contribution in [0, 0.1) is 5.92 Å². The zero-order chi connectivity index (χ0) is 28.2. The fourth-order valence-corrected chi connectivity index (χ4v) is 3.34. The molecule has 0 heterocycles. The Kier molecular flexibility index (Phi) is 12.6. The van der Waals surface area contributed by atoms with Crippen molar-refractivity contribution in [2.24, 2.45) is 5.92 Å². The van der Waals surface area contributed by atoms with Crippen LogP contribution in [-0.4, -0.2) is 64.2 Å². The quantitative estimate of drug-likeness (QED) is 0.354. The fraction of sp³-hybridized carbons (Fsp3) is 0.577. The number of hydrogen-bond acceptors (Lipinski definition) is 7. The molecule has 11 heteroatoms. The number of carboxylic acid groups (broad SMARTS) is 1. The molecule has 0 aromatic heterocycles. The SMILES string of the molecule is CCC(C)C(NC(=O)OCc1ccccc1)C(=O)NC(CCC(=O)OC(C)(C)C)C(=O)N(CC)C(=O)O. The van der Waals surface area contributed by atoms with E-state index in [2.05, 4.69) is 10.6 Å². The number of hydrogen-bond donors (Lipinski definition) is 3. The molecule has 206 valence electrons. The minimum Gasteiger partial charge on any atom is -0.465 e. The Morgan fingerprint density at radius 1 is 1.03 bits per heavy atom. The third-order valence-corrected chi connectivity index (χ3v) is 5.47. The van der Waals surface area contributed by atoms with Gasteiger partial charge in [0.2, 0.25) is 5.91 Å². The first-order valence-corrected chi connectivity index (χ1v) is 12.3. The summed E-state index contributed by atoms with van der Waals surface area (Å²) in [5.41, 5.74) is 0.0190. The second-order valence-electron chi connectivity index (χ2n) is 9.62. The molecule has 0 fully saturated rings. The first kappa shape index (κ1) is 31.4. The summed E-state index contributed by atoms with van der Waals surface area (Å²) in [7, 11) is 0. The van der Waals surface area contributed by atoms with Crippen molar-refractivity contribution in [3.63, 3.8) is 0 Å². The number of carbonyl (C=O) groups is 5. The van der Waals surface area contributed by atoms with Gasteiger partial charge in [-0.25, -0.2) is 14.5 Å². The minimum absolute atomic E-state index is 0.00257. The predicted octanol–water partition coefficient (Wildman–Crippen LogP) is 3.46. The standard InChI is InChI=1S/C26H39N3O8/c1-7-17(3)21(28-24(33)36-16-18-12-10-9-11-13-18)22(31)27-19(23(32)29(8-2)25(34)35)14-15-20(30)37-26(4,5)6/h9-13,17,19,21H,7-8,14-16H2,1-6H3,(H,27,31)(H,28,33)(H,34,35). The summed E-state index contributed by atoms with van der Waals surface area (Å²) in [5.74, 6) is -2.52. The Morgan fingerprint density at radius 2 is 1.65 bits per heavy atom. The topological polar surface area (TPSA) is 151 Å². The van der Waals surface area contributed by atoms with Gasteiger partial charge in [0.05, 0.1) is 0 Å². The third-order valence-electron chi connectivity index (χ3n) is 5.47. The first-order valence-electron chi connectivity index (χ1n) is 12.3. The monoisotopic (exact) mass is 521 g/mol. The van der Waals surface area contributed by atoms with Gasteiger partial charge in [-0.3, -0.25) is 14.4 Å². The highest BCUT2D eigenvalue weighted by Crippen LogP contribution is 2.14. The molecule has 0 spiro atoms. The summed E-state index contributed by atoms with van der Waals surface area (Å²) < 4.78 is 10.5. The molecule has 37 heavy (non-hydrogen) atoms. The molecule has 4 amide bonds. The number of carbonyl (C=O) groups excluding carboxylic acids is 4. The van der Waals surface area contributed by atoms with E-state index in [0.29, 0.717) is 11.3 Å². The number of esters is 1. The van der Waals surface area contributed by atoms with Crippen molar-refractivity contribution in [3.05, 3.63) is 35.9 Å². The number of nitrogens with zero attached hydrogens (tertiary/aromatic N) is 1. The van der Waals surface area contributed by atoms with Crippen molar-refractivity contribution >= 4 is 30.0 Å². The van der Waals surface area contributed by atoms with E-state index in [1.807, 2.05) is 13.0 Å². The summed E-state index contributed by atoms with van der Waals surface area (Å²) in [6.45, 7) is 9.98. The molecule has 0 aliphatic rings. The summed E-state index contributed by atoms with van der Waals surface area (Å²) >= 11 is 0.